The van der Waals surface area contributed by atoms with Gasteiger partial charge in [-0.1, -0.05) is 5.21 Å². The minimum atomic E-state index is 0.399. The van der Waals surface area contributed by atoms with Gasteiger partial charge in [-0.05, 0) is 19.4 Å². The minimum Gasteiger partial charge on any atom is -0.332 e. The van der Waals surface area contributed by atoms with Crippen LogP contribution in [0.4, 0.5) is 0 Å². The summed E-state index contributed by atoms with van der Waals surface area (Å²) in [5.41, 5.74) is 2.10. The van der Waals surface area contributed by atoms with Gasteiger partial charge in [0.25, 0.3) is 0 Å². The van der Waals surface area contributed by atoms with E-state index in [2.05, 4.69) is 20.6 Å². The minimum absolute atomic E-state index is 0.399. The largest absolute Gasteiger partial charge is 0.332 e. The molecule has 1 aliphatic rings. The maximum atomic E-state index is 4.22. The Labute approximate surface area is 99.7 Å². The van der Waals surface area contributed by atoms with E-state index < -0.39 is 0 Å². The zero-order valence-corrected chi connectivity index (χ0v) is 9.87. The van der Waals surface area contributed by atoms with Crippen molar-refractivity contribution < 1.29 is 0 Å². The molecular weight excluding hydrogens is 216 g/mol. The van der Waals surface area contributed by atoms with Gasteiger partial charge in [0.1, 0.15) is 5.69 Å². The first-order valence-corrected chi connectivity index (χ1v) is 5.94. The second kappa shape index (κ2) is 4.29. The lowest BCUT2D eigenvalue weighted by Gasteiger charge is -2.24. The maximum absolute atomic E-state index is 4.22. The molecule has 0 saturated carbocycles. The van der Waals surface area contributed by atoms with Gasteiger partial charge in [-0.2, -0.15) is 0 Å². The lowest BCUT2D eigenvalue weighted by molar-refractivity contribution is 0.343. The Morgan fingerprint density at radius 3 is 3.00 bits per heavy atom. The lowest BCUT2D eigenvalue weighted by atomic mass is 10.1. The van der Waals surface area contributed by atoms with Gasteiger partial charge < -0.3 is 9.88 Å². The highest BCUT2D eigenvalue weighted by atomic mass is 15.4. The molecule has 0 amide bonds. The number of imidazole rings is 1. The van der Waals surface area contributed by atoms with Crippen molar-refractivity contribution in [3.05, 3.63) is 18.7 Å². The SMILES string of the molecule is Cn1cncc1-c1cnnn1C1CCCNC1. The van der Waals surface area contributed by atoms with Crippen LogP contribution in [0.25, 0.3) is 11.4 Å². The Morgan fingerprint density at radius 1 is 1.35 bits per heavy atom. The third-order valence-electron chi connectivity index (χ3n) is 3.27. The molecular formula is C11H16N6. The molecule has 2 aromatic rings. The Kier molecular flexibility index (Phi) is 2.64. The molecule has 2 aromatic heterocycles. The summed E-state index contributed by atoms with van der Waals surface area (Å²) in [7, 11) is 1.98. The lowest BCUT2D eigenvalue weighted by Crippen LogP contribution is -2.32. The number of aromatic nitrogens is 5. The normalized spacial score (nSPS) is 20.6. The molecule has 17 heavy (non-hydrogen) atoms. The molecule has 1 unspecified atom stereocenters. The molecule has 1 atom stereocenters. The number of rotatable bonds is 2. The first-order chi connectivity index (χ1) is 8.36. The molecule has 0 radical (unpaired) electrons. The molecule has 1 saturated heterocycles. The highest BCUT2D eigenvalue weighted by molar-refractivity contribution is 5.52. The first-order valence-electron chi connectivity index (χ1n) is 5.94. The van der Waals surface area contributed by atoms with E-state index in [0.29, 0.717) is 6.04 Å². The van der Waals surface area contributed by atoms with E-state index in [-0.39, 0.29) is 0 Å². The van der Waals surface area contributed by atoms with Gasteiger partial charge >= 0.3 is 0 Å². The van der Waals surface area contributed by atoms with Gasteiger partial charge in [0.05, 0.1) is 30.5 Å². The Hall–Kier alpha value is -1.69. The maximum Gasteiger partial charge on any atom is 0.107 e. The van der Waals surface area contributed by atoms with Gasteiger partial charge in [-0.3, -0.25) is 0 Å². The van der Waals surface area contributed by atoms with Crippen LogP contribution < -0.4 is 5.32 Å². The number of hydrogen-bond donors (Lipinski definition) is 1. The predicted molar refractivity (Wildman–Crippen MR) is 63.4 cm³/mol. The second-order valence-electron chi connectivity index (χ2n) is 4.45. The van der Waals surface area contributed by atoms with Crippen molar-refractivity contribution in [3.8, 4) is 11.4 Å². The molecule has 0 aromatic carbocycles. The zero-order valence-electron chi connectivity index (χ0n) is 9.87. The van der Waals surface area contributed by atoms with Crippen molar-refractivity contribution in [1.82, 2.24) is 29.9 Å². The van der Waals surface area contributed by atoms with Gasteiger partial charge in [0.15, 0.2) is 0 Å². The predicted octanol–water partition coefficient (Wildman–Crippen LogP) is 0.603. The van der Waals surface area contributed by atoms with E-state index in [0.717, 1.165) is 30.9 Å². The fraction of sp³-hybridized carbons (Fsp3) is 0.545. The molecule has 0 bridgehead atoms. The van der Waals surface area contributed by atoms with Gasteiger partial charge in [-0.25, -0.2) is 9.67 Å². The quantitative estimate of drug-likeness (QED) is 0.824. The molecule has 3 rings (SSSR count). The summed E-state index contributed by atoms with van der Waals surface area (Å²) < 4.78 is 4.01. The number of hydrogen-bond acceptors (Lipinski definition) is 4. The van der Waals surface area contributed by atoms with Crippen LogP contribution in [-0.2, 0) is 7.05 Å². The monoisotopic (exact) mass is 232 g/mol. The smallest absolute Gasteiger partial charge is 0.107 e. The van der Waals surface area contributed by atoms with Gasteiger partial charge in [0, 0.05) is 13.6 Å². The van der Waals surface area contributed by atoms with E-state index in [9.17, 15) is 0 Å². The fourth-order valence-corrected chi connectivity index (χ4v) is 2.34. The van der Waals surface area contributed by atoms with E-state index in [1.165, 1.54) is 6.42 Å². The van der Waals surface area contributed by atoms with Crippen LogP contribution in [0.1, 0.15) is 18.9 Å². The van der Waals surface area contributed by atoms with Crippen molar-refractivity contribution in [3.63, 3.8) is 0 Å². The van der Waals surface area contributed by atoms with Crippen LogP contribution in [0.5, 0.6) is 0 Å². The summed E-state index contributed by atoms with van der Waals surface area (Å²) in [5.74, 6) is 0. The van der Waals surface area contributed by atoms with Crippen molar-refractivity contribution >= 4 is 0 Å². The summed E-state index contributed by atoms with van der Waals surface area (Å²) in [6.07, 6.45) is 7.80. The highest BCUT2D eigenvalue weighted by Crippen LogP contribution is 2.23. The Balaban J connectivity index is 1.96. The first kappa shape index (κ1) is 10.5. The molecule has 1 aliphatic heterocycles. The molecule has 0 spiro atoms. The highest BCUT2D eigenvalue weighted by Gasteiger charge is 2.20. The van der Waals surface area contributed by atoms with Crippen molar-refractivity contribution in [2.45, 2.75) is 18.9 Å². The van der Waals surface area contributed by atoms with Gasteiger partial charge in [-0.15, -0.1) is 5.10 Å². The number of piperidine rings is 1. The second-order valence-corrected chi connectivity index (χ2v) is 4.45. The molecule has 6 heteroatoms. The summed E-state index contributed by atoms with van der Waals surface area (Å²) in [6.45, 7) is 2.07. The van der Waals surface area contributed by atoms with Crippen molar-refractivity contribution in [2.75, 3.05) is 13.1 Å². The topological polar surface area (TPSA) is 60.6 Å². The van der Waals surface area contributed by atoms with E-state index in [4.69, 9.17) is 0 Å². The standard InChI is InChI=1S/C11H16N6/c1-16-8-13-6-10(16)11-7-14-15-17(11)9-3-2-4-12-5-9/h6-9,12H,2-5H2,1H3. The third-order valence-corrected chi connectivity index (χ3v) is 3.27. The Bertz CT molecular complexity index is 494. The molecule has 3 heterocycles. The van der Waals surface area contributed by atoms with Crippen molar-refractivity contribution in [2.24, 2.45) is 7.05 Å². The number of aryl methyl sites for hydroxylation is 1. The third kappa shape index (κ3) is 1.84. The van der Waals surface area contributed by atoms with Crippen molar-refractivity contribution in [1.29, 1.82) is 0 Å². The fourth-order valence-electron chi connectivity index (χ4n) is 2.34. The Morgan fingerprint density at radius 2 is 2.29 bits per heavy atom. The van der Waals surface area contributed by atoms with E-state index in [1.807, 2.05) is 28.7 Å². The molecule has 1 N–H and O–H groups in total. The van der Waals surface area contributed by atoms with Crippen LogP contribution in [0.15, 0.2) is 18.7 Å². The molecule has 1 fully saturated rings. The summed E-state index contributed by atoms with van der Waals surface area (Å²) >= 11 is 0. The van der Waals surface area contributed by atoms with Crippen LogP contribution in [0.2, 0.25) is 0 Å². The number of nitrogens with zero attached hydrogens (tertiary/aromatic N) is 5. The van der Waals surface area contributed by atoms with E-state index in [1.54, 1.807) is 6.33 Å². The summed E-state index contributed by atoms with van der Waals surface area (Å²) in [6, 6.07) is 0.399. The molecule has 0 aliphatic carbocycles. The van der Waals surface area contributed by atoms with Crippen LogP contribution in [0.3, 0.4) is 0 Å². The molecule has 6 nitrogen and oxygen atoms in total. The average Bonchev–Trinajstić information content (AvgIpc) is 2.98. The van der Waals surface area contributed by atoms with Crippen LogP contribution in [0, 0.1) is 0 Å². The van der Waals surface area contributed by atoms with Gasteiger partial charge in [0.2, 0.25) is 0 Å². The van der Waals surface area contributed by atoms with Crippen LogP contribution >= 0.6 is 0 Å². The summed E-state index contributed by atoms with van der Waals surface area (Å²) in [4.78, 5) is 4.14. The zero-order chi connectivity index (χ0) is 11.7. The summed E-state index contributed by atoms with van der Waals surface area (Å²) in [5, 5.41) is 11.7. The molecule has 90 valence electrons. The average molecular weight is 232 g/mol. The van der Waals surface area contributed by atoms with E-state index >= 15 is 0 Å². The van der Waals surface area contributed by atoms with Crippen LogP contribution in [-0.4, -0.2) is 37.6 Å². The number of nitrogens with one attached hydrogen (secondary N) is 1.